The summed E-state index contributed by atoms with van der Waals surface area (Å²) in [5.74, 6) is -0.897. The van der Waals surface area contributed by atoms with E-state index in [2.05, 4.69) is 6.92 Å². The van der Waals surface area contributed by atoms with E-state index in [4.69, 9.17) is 0 Å². The van der Waals surface area contributed by atoms with Crippen LogP contribution in [-0.2, 0) is 4.79 Å². The molecule has 0 radical (unpaired) electrons. The number of carboxylic acid groups (broad SMARTS) is 1. The van der Waals surface area contributed by atoms with Crippen molar-refractivity contribution in [1.82, 2.24) is 0 Å². The number of hydrogen-bond donors (Lipinski definition) is 0. The molecule has 0 aliphatic heterocycles. The van der Waals surface area contributed by atoms with E-state index in [9.17, 15) is 9.90 Å². The molecule has 42 heavy (non-hydrogen) atoms. The first-order chi connectivity index (χ1) is 20.3. The van der Waals surface area contributed by atoms with Crippen molar-refractivity contribution < 1.29 is 28.8 Å². The molecule has 246 valence electrons. The maximum absolute atomic E-state index is 10.4. The fraction of sp³-hybridized carbons (Fsp3) is 0.974. The number of rotatable bonds is 37. The maximum atomic E-state index is 10.4. The number of carboxylic acids is 1. The summed E-state index contributed by atoms with van der Waals surface area (Å²) in [7, 11) is 0. The summed E-state index contributed by atoms with van der Waals surface area (Å²) in [5.41, 5.74) is 0. The molecular formula is C39H77LiO2. The van der Waals surface area contributed by atoms with E-state index in [0.29, 0.717) is 0 Å². The van der Waals surface area contributed by atoms with Gasteiger partial charge in [-0.15, -0.1) is 0 Å². The average molecular weight is 585 g/mol. The third-order valence-corrected chi connectivity index (χ3v) is 9.23. The van der Waals surface area contributed by atoms with Crippen LogP contribution in [0.15, 0.2) is 0 Å². The molecule has 0 aliphatic carbocycles. The van der Waals surface area contributed by atoms with Crippen LogP contribution in [0.5, 0.6) is 0 Å². The predicted molar refractivity (Wildman–Crippen MR) is 182 cm³/mol. The van der Waals surface area contributed by atoms with Crippen molar-refractivity contribution in [1.29, 1.82) is 0 Å². The van der Waals surface area contributed by atoms with Gasteiger partial charge in [0.05, 0.1) is 0 Å². The third kappa shape index (κ3) is 42.2. The van der Waals surface area contributed by atoms with Gasteiger partial charge in [0.15, 0.2) is 0 Å². The third-order valence-electron chi connectivity index (χ3n) is 9.23. The Morgan fingerprint density at radius 3 is 0.595 bits per heavy atom. The Kier molecular flexibility index (Phi) is 43.2. The largest absolute Gasteiger partial charge is 1.00 e. The molecule has 0 amide bonds. The van der Waals surface area contributed by atoms with Crippen LogP contribution in [0.2, 0.25) is 0 Å². The molecule has 0 N–H and O–H groups in total. The molecule has 0 heterocycles. The first kappa shape index (κ1) is 44.2. The van der Waals surface area contributed by atoms with Crippen LogP contribution in [0.4, 0.5) is 0 Å². The standard InChI is InChI=1S/C39H78O2.Li/c1-2-3-4-5-6-7-8-9-10-11-12-13-14-15-16-17-18-19-20-21-22-23-24-25-26-27-28-29-30-31-32-33-34-35-36-37-38-39(40)41;/h2-38H2,1H3,(H,40,41);/q;+1/p-1. The molecule has 3 heteroatoms. The van der Waals surface area contributed by atoms with Gasteiger partial charge in [-0.25, -0.2) is 0 Å². The minimum atomic E-state index is -0.897. The van der Waals surface area contributed by atoms with Crippen molar-refractivity contribution in [2.75, 3.05) is 0 Å². The van der Waals surface area contributed by atoms with Gasteiger partial charge in [0, 0.05) is 5.97 Å². The number of hydrogen-bond acceptors (Lipinski definition) is 2. The van der Waals surface area contributed by atoms with Gasteiger partial charge in [-0.05, 0) is 12.8 Å². The summed E-state index contributed by atoms with van der Waals surface area (Å²) >= 11 is 0. The second kappa shape index (κ2) is 41.1. The Morgan fingerprint density at radius 2 is 0.452 bits per heavy atom. The van der Waals surface area contributed by atoms with Gasteiger partial charge in [-0.1, -0.05) is 232 Å². The normalized spacial score (nSPS) is 11.2. The zero-order valence-electron chi connectivity index (χ0n) is 29.5. The first-order valence-corrected chi connectivity index (χ1v) is 19.5. The van der Waals surface area contributed by atoms with Crippen LogP contribution < -0.4 is 24.0 Å². The Hall–Kier alpha value is 0.0674. The molecule has 2 nitrogen and oxygen atoms in total. The van der Waals surface area contributed by atoms with Crippen molar-refractivity contribution in [3.05, 3.63) is 0 Å². The van der Waals surface area contributed by atoms with Gasteiger partial charge in [-0.2, -0.15) is 0 Å². The summed E-state index contributed by atoms with van der Waals surface area (Å²) in [6.07, 6.45) is 51.0. The van der Waals surface area contributed by atoms with Crippen LogP contribution in [0.1, 0.15) is 244 Å². The summed E-state index contributed by atoms with van der Waals surface area (Å²) in [6.45, 7) is 2.30. The molecule has 0 aromatic carbocycles. The van der Waals surface area contributed by atoms with Crippen LogP contribution >= 0.6 is 0 Å². The van der Waals surface area contributed by atoms with Crippen LogP contribution in [0.25, 0.3) is 0 Å². The van der Waals surface area contributed by atoms with Crippen LogP contribution in [0, 0.1) is 0 Å². The van der Waals surface area contributed by atoms with Crippen LogP contribution in [-0.4, -0.2) is 5.97 Å². The summed E-state index contributed by atoms with van der Waals surface area (Å²) in [5, 5.41) is 10.4. The van der Waals surface area contributed by atoms with Crippen molar-refractivity contribution in [3.63, 3.8) is 0 Å². The molecule has 0 saturated carbocycles. The zero-order chi connectivity index (χ0) is 29.7. The van der Waals surface area contributed by atoms with Gasteiger partial charge in [-0.3, -0.25) is 0 Å². The Bertz CT molecular complexity index is 481. The first-order valence-electron chi connectivity index (χ1n) is 19.5. The fourth-order valence-corrected chi connectivity index (χ4v) is 6.35. The Balaban J connectivity index is 0. The second-order valence-corrected chi connectivity index (χ2v) is 13.5. The number of carbonyl (C=O) groups excluding carboxylic acids is 1. The van der Waals surface area contributed by atoms with Gasteiger partial charge >= 0.3 is 18.9 Å². The average Bonchev–Trinajstić information content (AvgIpc) is 2.97. The molecule has 0 aromatic heterocycles. The van der Waals surface area contributed by atoms with Gasteiger partial charge in [0.1, 0.15) is 0 Å². The van der Waals surface area contributed by atoms with Crippen molar-refractivity contribution in [2.24, 2.45) is 0 Å². The predicted octanol–water partition coefficient (Wildman–Crippen LogP) is 10.2. The smallest absolute Gasteiger partial charge is 0.550 e. The van der Waals surface area contributed by atoms with Gasteiger partial charge in [0.25, 0.3) is 0 Å². The van der Waals surface area contributed by atoms with Crippen molar-refractivity contribution >= 4 is 5.97 Å². The van der Waals surface area contributed by atoms with E-state index in [0.717, 1.165) is 12.8 Å². The fourth-order valence-electron chi connectivity index (χ4n) is 6.35. The van der Waals surface area contributed by atoms with Gasteiger partial charge < -0.3 is 9.90 Å². The maximum Gasteiger partial charge on any atom is 1.00 e. The minimum absolute atomic E-state index is 0. The molecular weight excluding hydrogens is 507 g/mol. The molecule has 0 unspecified atom stereocenters. The summed E-state index contributed by atoms with van der Waals surface area (Å²) in [4.78, 5) is 10.4. The number of unbranched alkanes of at least 4 members (excludes halogenated alkanes) is 35. The van der Waals surface area contributed by atoms with Crippen molar-refractivity contribution in [2.45, 2.75) is 244 Å². The topological polar surface area (TPSA) is 40.1 Å². The Morgan fingerprint density at radius 1 is 0.310 bits per heavy atom. The minimum Gasteiger partial charge on any atom is -0.550 e. The molecule has 0 aromatic rings. The number of aliphatic carboxylic acids is 1. The second-order valence-electron chi connectivity index (χ2n) is 13.5. The molecule has 0 rings (SSSR count). The van der Waals surface area contributed by atoms with Crippen LogP contribution in [0.3, 0.4) is 0 Å². The van der Waals surface area contributed by atoms with E-state index in [1.165, 1.54) is 218 Å². The van der Waals surface area contributed by atoms with Crippen molar-refractivity contribution in [3.8, 4) is 0 Å². The quantitative estimate of drug-likeness (QED) is 0.0538. The van der Waals surface area contributed by atoms with E-state index < -0.39 is 5.97 Å². The summed E-state index contributed by atoms with van der Waals surface area (Å²) < 4.78 is 0. The van der Waals surface area contributed by atoms with E-state index in [1.54, 1.807) is 0 Å². The molecule has 0 aliphatic rings. The molecule has 0 spiro atoms. The van der Waals surface area contributed by atoms with E-state index in [-0.39, 0.29) is 25.3 Å². The van der Waals surface area contributed by atoms with E-state index >= 15 is 0 Å². The van der Waals surface area contributed by atoms with Gasteiger partial charge in [0.2, 0.25) is 0 Å². The Labute approximate surface area is 278 Å². The molecule has 0 atom stereocenters. The SMILES string of the molecule is CCCCCCCCCCCCCCCCCCCCCCCCCCCCCCCCCCCCCCC(=O)[O-].[Li+]. The van der Waals surface area contributed by atoms with E-state index in [1.807, 2.05) is 0 Å². The molecule has 0 fully saturated rings. The zero-order valence-corrected chi connectivity index (χ0v) is 29.5. The summed E-state index contributed by atoms with van der Waals surface area (Å²) in [6, 6.07) is 0. The monoisotopic (exact) mass is 585 g/mol. The number of carbonyl (C=O) groups is 1. The molecule has 0 saturated heterocycles. The molecule has 0 bridgehead atoms.